The number of rotatable bonds is 4. The molecule has 0 spiro atoms. The second-order valence-electron chi connectivity index (χ2n) is 5.96. The lowest BCUT2D eigenvalue weighted by molar-refractivity contribution is -0.122. The van der Waals surface area contributed by atoms with E-state index in [-0.39, 0.29) is 11.7 Å². The van der Waals surface area contributed by atoms with Crippen molar-refractivity contribution in [3.8, 4) is 11.3 Å². The van der Waals surface area contributed by atoms with Gasteiger partial charge in [-0.05, 0) is 42.0 Å². The molecule has 27 heavy (non-hydrogen) atoms. The molecule has 0 atom stereocenters. The molecule has 1 fully saturated rings. The molecule has 0 saturated carbocycles. The van der Waals surface area contributed by atoms with Crippen molar-refractivity contribution in [2.75, 3.05) is 0 Å². The summed E-state index contributed by atoms with van der Waals surface area (Å²) < 4.78 is 19.4. The first kappa shape index (κ1) is 17.7. The number of halogens is 1. The third-order valence-corrected chi connectivity index (χ3v) is 5.46. The molecule has 4 rings (SSSR count). The highest BCUT2D eigenvalue weighted by Gasteiger charge is 2.32. The van der Waals surface area contributed by atoms with Gasteiger partial charge in [-0.25, -0.2) is 4.39 Å². The Labute approximate surface area is 165 Å². The van der Waals surface area contributed by atoms with Gasteiger partial charge in [0, 0.05) is 11.6 Å². The first-order chi connectivity index (χ1) is 13.1. The van der Waals surface area contributed by atoms with Gasteiger partial charge in [0.15, 0.2) is 0 Å². The summed E-state index contributed by atoms with van der Waals surface area (Å²) in [6.07, 6.45) is 1.69. The maximum absolute atomic E-state index is 13.1. The Bertz CT molecular complexity index is 1030. The van der Waals surface area contributed by atoms with Crippen LogP contribution in [0.5, 0.6) is 0 Å². The van der Waals surface area contributed by atoms with E-state index in [0.29, 0.717) is 27.3 Å². The molecule has 3 aromatic rings. The average Bonchev–Trinajstić information content (AvgIpc) is 3.24. The molecule has 3 nitrogen and oxygen atoms in total. The lowest BCUT2D eigenvalue weighted by Crippen LogP contribution is -2.27. The van der Waals surface area contributed by atoms with Crippen LogP contribution < -0.4 is 0 Å². The van der Waals surface area contributed by atoms with E-state index in [0.717, 1.165) is 11.1 Å². The highest BCUT2D eigenvalue weighted by Crippen LogP contribution is 2.34. The fourth-order valence-corrected chi connectivity index (χ4v) is 3.97. The van der Waals surface area contributed by atoms with Gasteiger partial charge in [-0.3, -0.25) is 9.69 Å². The quantitative estimate of drug-likeness (QED) is 0.432. The lowest BCUT2D eigenvalue weighted by atomic mass is 10.2. The van der Waals surface area contributed by atoms with Crippen molar-refractivity contribution in [1.82, 2.24) is 4.90 Å². The van der Waals surface area contributed by atoms with Crippen LogP contribution in [0.25, 0.3) is 17.4 Å². The van der Waals surface area contributed by atoms with Crippen LogP contribution in [0.15, 0.2) is 76.1 Å². The molecule has 0 radical (unpaired) electrons. The van der Waals surface area contributed by atoms with Crippen LogP contribution in [0.2, 0.25) is 0 Å². The summed E-state index contributed by atoms with van der Waals surface area (Å²) in [5.41, 5.74) is 1.79. The standard InChI is InChI=1S/C21H14FNO2S2/c22-16-8-6-15(7-9-16)18-11-10-17(25-18)12-19-20(24)23(21(26)27-19)13-14-4-2-1-3-5-14/h1-12H,13H2. The summed E-state index contributed by atoms with van der Waals surface area (Å²) in [6.45, 7) is 0.446. The summed E-state index contributed by atoms with van der Waals surface area (Å²) in [7, 11) is 0. The molecule has 1 amide bonds. The van der Waals surface area contributed by atoms with E-state index in [1.807, 2.05) is 30.3 Å². The van der Waals surface area contributed by atoms with Crippen LogP contribution in [0.4, 0.5) is 4.39 Å². The molecular formula is C21H14FNO2S2. The van der Waals surface area contributed by atoms with Crippen LogP contribution in [-0.2, 0) is 11.3 Å². The maximum Gasteiger partial charge on any atom is 0.266 e. The molecule has 0 N–H and O–H groups in total. The second kappa shape index (κ2) is 7.50. The van der Waals surface area contributed by atoms with Gasteiger partial charge in [-0.15, -0.1) is 0 Å². The van der Waals surface area contributed by atoms with Gasteiger partial charge >= 0.3 is 0 Å². The van der Waals surface area contributed by atoms with Crippen molar-refractivity contribution in [1.29, 1.82) is 0 Å². The van der Waals surface area contributed by atoms with Gasteiger partial charge in [-0.1, -0.05) is 54.3 Å². The molecular weight excluding hydrogens is 381 g/mol. The van der Waals surface area contributed by atoms with E-state index in [1.165, 1.54) is 23.9 Å². The number of carbonyl (C=O) groups excluding carboxylic acids is 1. The lowest BCUT2D eigenvalue weighted by Gasteiger charge is -2.14. The maximum atomic E-state index is 13.1. The van der Waals surface area contributed by atoms with Crippen LogP contribution >= 0.6 is 24.0 Å². The molecule has 2 heterocycles. The zero-order valence-corrected chi connectivity index (χ0v) is 15.7. The minimum Gasteiger partial charge on any atom is -0.457 e. The average molecular weight is 395 g/mol. The van der Waals surface area contributed by atoms with Gasteiger partial charge in [-0.2, -0.15) is 0 Å². The van der Waals surface area contributed by atoms with E-state index in [9.17, 15) is 9.18 Å². The van der Waals surface area contributed by atoms with Crippen molar-refractivity contribution in [2.45, 2.75) is 6.54 Å². The Hall–Kier alpha value is -2.70. The number of carbonyl (C=O) groups is 1. The number of hydrogen-bond acceptors (Lipinski definition) is 4. The number of nitrogens with zero attached hydrogens (tertiary/aromatic N) is 1. The third kappa shape index (κ3) is 3.86. The molecule has 6 heteroatoms. The van der Waals surface area contributed by atoms with Crippen molar-refractivity contribution in [3.05, 3.63) is 88.8 Å². The van der Waals surface area contributed by atoms with Gasteiger partial charge in [0.25, 0.3) is 5.91 Å². The third-order valence-electron chi connectivity index (χ3n) is 4.09. The Kier molecular flexibility index (Phi) is 4.92. The van der Waals surface area contributed by atoms with E-state index in [4.69, 9.17) is 16.6 Å². The monoisotopic (exact) mass is 395 g/mol. The molecule has 1 aliphatic heterocycles. The number of furan rings is 1. The van der Waals surface area contributed by atoms with Gasteiger partial charge < -0.3 is 4.42 Å². The molecule has 2 aromatic carbocycles. The normalized spacial score (nSPS) is 15.7. The number of amides is 1. The van der Waals surface area contributed by atoms with Crippen molar-refractivity contribution >= 4 is 40.3 Å². The van der Waals surface area contributed by atoms with Crippen LogP contribution in [0.1, 0.15) is 11.3 Å². The zero-order valence-electron chi connectivity index (χ0n) is 14.1. The summed E-state index contributed by atoms with van der Waals surface area (Å²) >= 11 is 6.63. The first-order valence-electron chi connectivity index (χ1n) is 8.25. The number of benzene rings is 2. The van der Waals surface area contributed by atoms with Crippen LogP contribution in [0.3, 0.4) is 0 Å². The van der Waals surface area contributed by atoms with Gasteiger partial charge in [0.05, 0.1) is 11.4 Å². The van der Waals surface area contributed by atoms with Crippen molar-refractivity contribution in [2.24, 2.45) is 0 Å². The predicted molar refractivity (Wildman–Crippen MR) is 109 cm³/mol. The molecule has 0 bridgehead atoms. The molecule has 1 aliphatic rings. The summed E-state index contributed by atoms with van der Waals surface area (Å²) in [5, 5.41) is 0. The molecule has 0 unspecified atom stereocenters. The number of hydrogen-bond donors (Lipinski definition) is 0. The highest BCUT2D eigenvalue weighted by atomic mass is 32.2. The van der Waals surface area contributed by atoms with Crippen molar-refractivity contribution < 1.29 is 13.6 Å². The van der Waals surface area contributed by atoms with Gasteiger partial charge in [0.1, 0.15) is 21.7 Å². The van der Waals surface area contributed by atoms with E-state index >= 15 is 0 Å². The van der Waals surface area contributed by atoms with Crippen LogP contribution in [-0.4, -0.2) is 15.1 Å². The minimum absolute atomic E-state index is 0.131. The minimum atomic E-state index is -0.299. The zero-order chi connectivity index (χ0) is 18.8. The fourth-order valence-electron chi connectivity index (χ4n) is 2.73. The van der Waals surface area contributed by atoms with E-state index in [2.05, 4.69) is 0 Å². The largest absolute Gasteiger partial charge is 0.457 e. The first-order valence-corrected chi connectivity index (χ1v) is 9.48. The predicted octanol–water partition coefficient (Wildman–Crippen LogP) is 5.49. The Morgan fingerprint density at radius 3 is 2.52 bits per heavy atom. The Balaban J connectivity index is 1.53. The molecule has 1 aromatic heterocycles. The Morgan fingerprint density at radius 2 is 1.78 bits per heavy atom. The fraction of sp³-hybridized carbons (Fsp3) is 0.0476. The summed E-state index contributed by atoms with van der Waals surface area (Å²) in [4.78, 5) is 14.8. The van der Waals surface area contributed by atoms with Crippen molar-refractivity contribution in [3.63, 3.8) is 0 Å². The second-order valence-corrected chi connectivity index (χ2v) is 7.64. The topological polar surface area (TPSA) is 33.5 Å². The molecule has 134 valence electrons. The SMILES string of the molecule is O=C1C(=Cc2ccc(-c3ccc(F)cc3)o2)SC(=S)N1Cc1ccccc1. The van der Waals surface area contributed by atoms with Gasteiger partial charge in [0.2, 0.25) is 0 Å². The summed E-state index contributed by atoms with van der Waals surface area (Å²) in [5.74, 6) is 0.733. The highest BCUT2D eigenvalue weighted by molar-refractivity contribution is 8.26. The molecule has 0 aliphatic carbocycles. The smallest absolute Gasteiger partial charge is 0.266 e. The van der Waals surface area contributed by atoms with Crippen LogP contribution in [0, 0.1) is 5.82 Å². The molecule has 1 saturated heterocycles. The van der Waals surface area contributed by atoms with E-state index < -0.39 is 0 Å². The number of thiocarbonyl (C=S) groups is 1. The summed E-state index contributed by atoms with van der Waals surface area (Å²) in [6, 6.07) is 19.4. The van der Waals surface area contributed by atoms with E-state index in [1.54, 1.807) is 35.2 Å². The Morgan fingerprint density at radius 1 is 1.04 bits per heavy atom. The number of thioether (sulfide) groups is 1.